The number of halogens is 1. The minimum absolute atomic E-state index is 0.0944. The molecule has 2 aliphatic heterocycles. The summed E-state index contributed by atoms with van der Waals surface area (Å²) in [7, 11) is 0. The van der Waals surface area contributed by atoms with Gasteiger partial charge in [0.25, 0.3) is 0 Å². The fourth-order valence-electron chi connectivity index (χ4n) is 4.51. The van der Waals surface area contributed by atoms with Gasteiger partial charge in [0.1, 0.15) is 6.33 Å². The highest BCUT2D eigenvalue weighted by atomic mass is 35.5. The predicted octanol–water partition coefficient (Wildman–Crippen LogP) is 4.07. The molecule has 9 heteroatoms. The van der Waals surface area contributed by atoms with Crippen LogP contribution in [0.1, 0.15) is 19.8 Å². The van der Waals surface area contributed by atoms with E-state index in [1.165, 1.54) is 6.33 Å². The summed E-state index contributed by atoms with van der Waals surface area (Å²) in [6.45, 7) is 4.61. The molecule has 0 unspecified atom stereocenters. The van der Waals surface area contributed by atoms with Gasteiger partial charge in [-0.3, -0.25) is 0 Å². The first-order valence-electron chi connectivity index (χ1n) is 10.7. The third-order valence-corrected chi connectivity index (χ3v) is 8.08. The standard InChI is InChI=1S/C23H25ClN6OS/c1-15-21(25)23(13-31-15)6-9-30(10-7-23)22-27-11-16(12-28-22)32-19-4-2-3-17(20(19)24)18-5-8-26-14-29-18/h2-5,8,11-12,14-15,21H,6-7,9-10,13,25H2,1H3/t15-,21+/m0/s1. The molecule has 32 heavy (non-hydrogen) atoms. The maximum absolute atomic E-state index is 6.68. The second-order valence-corrected chi connectivity index (χ2v) is 9.92. The van der Waals surface area contributed by atoms with Gasteiger partial charge in [-0.2, -0.15) is 0 Å². The van der Waals surface area contributed by atoms with Crippen LogP contribution in [-0.4, -0.2) is 51.8 Å². The molecule has 2 aromatic heterocycles. The zero-order valence-corrected chi connectivity index (χ0v) is 19.4. The lowest BCUT2D eigenvalue weighted by Crippen LogP contribution is -2.50. The van der Waals surface area contributed by atoms with Crippen molar-refractivity contribution in [2.45, 2.75) is 41.7 Å². The number of anilines is 1. The number of ether oxygens (including phenoxy) is 1. The second kappa shape index (κ2) is 8.94. The first-order chi connectivity index (χ1) is 15.6. The van der Waals surface area contributed by atoms with E-state index in [4.69, 9.17) is 22.1 Å². The van der Waals surface area contributed by atoms with Crippen LogP contribution in [-0.2, 0) is 4.74 Å². The van der Waals surface area contributed by atoms with Crippen LogP contribution in [0.4, 0.5) is 5.95 Å². The lowest BCUT2D eigenvalue weighted by molar-refractivity contribution is 0.0973. The number of hydrogen-bond acceptors (Lipinski definition) is 8. The van der Waals surface area contributed by atoms with Gasteiger partial charge in [0.05, 0.1) is 23.4 Å². The molecule has 2 atom stereocenters. The molecule has 0 saturated carbocycles. The molecule has 4 heterocycles. The Bertz CT molecular complexity index is 1080. The summed E-state index contributed by atoms with van der Waals surface area (Å²) in [5, 5.41) is 0.658. The zero-order valence-electron chi connectivity index (χ0n) is 17.8. The first kappa shape index (κ1) is 21.6. The Labute approximate surface area is 196 Å². The first-order valence-corrected chi connectivity index (χ1v) is 11.9. The van der Waals surface area contributed by atoms with Gasteiger partial charge in [0, 0.05) is 58.5 Å². The van der Waals surface area contributed by atoms with Crippen molar-refractivity contribution in [3.05, 3.63) is 54.2 Å². The summed E-state index contributed by atoms with van der Waals surface area (Å²) in [6, 6.07) is 7.88. The summed E-state index contributed by atoms with van der Waals surface area (Å²) in [5.74, 6) is 0.755. The van der Waals surface area contributed by atoms with Crippen molar-refractivity contribution in [1.29, 1.82) is 0 Å². The SMILES string of the molecule is C[C@@H]1OCC2(CCN(c3ncc(Sc4cccc(-c5ccncn5)c4Cl)cn3)CC2)[C@@H]1N. The second-order valence-electron chi connectivity index (χ2n) is 8.42. The predicted molar refractivity (Wildman–Crippen MR) is 126 cm³/mol. The van der Waals surface area contributed by atoms with E-state index in [1.807, 2.05) is 36.7 Å². The molecule has 0 bridgehead atoms. The number of rotatable bonds is 4. The van der Waals surface area contributed by atoms with E-state index >= 15 is 0 Å². The van der Waals surface area contributed by atoms with Crippen molar-refractivity contribution < 1.29 is 4.74 Å². The molecule has 1 aromatic carbocycles. The lowest BCUT2D eigenvalue weighted by atomic mass is 9.73. The van der Waals surface area contributed by atoms with Crippen molar-refractivity contribution in [3.63, 3.8) is 0 Å². The number of benzene rings is 1. The monoisotopic (exact) mass is 468 g/mol. The molecule has 0 aliphatic carbocycles. The maximum atomic E-state index is 6.68. The topological polar surface area (TPSA) is 90.0 Å². The van der Waals surface area contributed by atoms with Crippen LogP contribution < -0.4 is 10.6 Å². The zero-order chi connectivity index (χ0) is 22.1. The van der Waals surface area contributed by atoms with Crippen LogP contribution in [0.25, 0.3) is 11.3 Å². The van der Waals surface area contributed by atoms with Crippen LogP contribution in [0.2, 0.25) is 5.02 Å². The highest BCUT2D eigenvalue weighted by molar-refractivity contribution is 7.99. The van der Waals surface area contributed by atoms with Gasteiger partial charge in [-0.15, -0.1) is 0 Å². The van der Waals surface area contributed by atoms with Crippen LogP contribution in [0.15, 0.2) is 59.0 Å². The van der Waals surface area contributed by atoms with Crippen LogP contribution in [0, 0.1) is 5.41 Å². The largest absolute Gasteiger partial charge is 0.376 e. The molecule has 7 nitrogen and oxygen atoms in total. The average Bonchev–Trinajstić information content (AvgIpc) is 3.10. The van der Waals surface area contributed by atoms with E-state index in [2.05, 4.69) is 31.8 Å². The molecule has 3 aromatic rings. The molecule has 2 aliphatic rings. The summed E-state index contributed by atoms with van der Waals surface area (Å²) < 4.78 is 5.82. The number of piperidine rings is 1. The molecular formula is C23H25ClN6OS. The minimum atomic E-state index is 0.0944. The van der Waals surface area contributed by atoms with Gasteiger partial charge in [-0.25, -0.2) is 19.9 Å². The summed E-state index contributed by atoms with van der Waals surface area (Å²) in [4.78, 5) is 21.6. The normalized spacial score (nSPS) is 22.4. The van der Waals surface area contributed by atoms with Gasteiger partial charge >= 0.3 is 0 Å². The Morgan fingerprint density at radius 3 is 2.59 bits per heavy atom. The number of hydrogen-bond donors (Lipinski definition) is 1. The van der Waals surface area contributed by atoms with Gasteiger partial charge < -0.3 is 15.4 Å². The van der Waals surface area contributed by atoms with Gasteiger partial charge in [0.15, 0.2) is 0 Å². The van der Waals surface area contributed by atoms with E-state index in [1.54, 1.807) is 18.0 Å². The highest BCUT2D eigenvalue weighted by Crippen LogP contribution is 2.42. The summed E-state index contributed by atoms with van der Waals surface area (Å²) in [5.41, 5.74) is 8.20. The molecule has 2 N–H and O–H groups in total. The van der Waals surface area contributed by atoms with E-state index in [0.29, 0.717) is 5.02 Å². The molecule has 0 amide bonds. The van der Waals surface area contributed by atoms with Crippen LogP contribution in [0.5, 0.6) is 0 Å². The van der Waals surface area contributed by atoms with Crippen molar-refractivity contribution in [2.75, 3.05) is 24.6 Å². The summed E-state index contributed by atoms with van der Waals surface area (Å²) in [6.07, 6.45) is 9.09. The molecule has 2 fully saturated rings. The fraction of sp³-hybridized carbons (Fsp3) is 0.391. The van der Waals surface area contributed by atoms with Gasteiger partial charge in [-0.05, 0) is 31.9 Å². The quantitative estimate of drug-likeness (QED) is 0.612. The van der Waals surface area contributed by atoms with Crippen molar-refractivity contribution in [1.82, 2.24) is 19.9 Å². The van der Waals surface area contributed by atoms with E-state index < -0.39 is 0 Å². The lowest BCUT2D eigenvalue weighted by Gasteiger charge is -2.41. The highest BCUT2D eigenvalue weighted by Gasteiger charge is 2.47. The van der Waals surface area contributed by atoms with Crippen LogP contribution in [0.3, 0.4) is 0 Å². The Morgan fingerprint density at radius 2 is 1.94 bits per heavy atom. The third kappa shape index (κ3) is 4.08. The Kier molecular flexibility index (Phi) is 6.03. The van der Waals surface area contributed by atoms with Crippen molar-refractivity contribution in [2.24, 2.45) is 11.1 Å². The Balaban J connectivity index is 1.26. The third-order valence-electron chi connectivity index (χ3n) is 6.55. The molecule has 0 radical (unpaired) electrons. The number of aromatic nitrogens is 4. The molecule has 1 spiro atoms. The van der Waals surface area contributed by atoms with E-state index in [-0.39, 0.29) is 17.6 Å². The Morgan fingerprint density at radius 1 is 1.16 bits per heavy atom. The molecular weight excluding hydrogens is 444 g/mol. The van der Waals surface area contributed by atoms with Crippen molar-refractivity contribution in [3.8, 4) is 11.3 Å². The van der Waals surface area contributed by atoms with Gasteiger partial charge in [-0.1, -0.05) is 35.5 Å². The van der Waals surface area contributed by atoms with E-state index in [0.717, 1.165) is 59.5 Å². The number of nitrogens with two attached hydrogens (primary N) is 1. The smallest absolute Gasteiger partial charge is 0.225 e. The molecule has 166 valence electrons. The average molecular weight is 469 g/mol. The number of nitrogens with zero attached hydrogens (tertiary/aromatic N) is 5. The maximum Gasteiger partial charge on any atom is 0.225 e. The summed E-state index contributed by atoms with van der Waals surface area (Å²) >= 11 is 8.22. The van der Waals surface area contributed by atoms with Crippen molar-refractivity contribution >= 4 is 29.3 Å². The fourth-order valence-corrected chi connectivity index (χ4v) is 5.66. The van der Waals surface area contributed by atoms with Gasteiger partial charge in [0.2, 0.25) is 5.95 Å². The Hall–Kier alpha value is -2.26. The minimum Gasteiger partial charge on any atom is -0.376 e. The van der Waals surface area contributed by atoms with Crippen LogP contribution >= 0.6 is 23.4 Å². The molecule has 2 saturated heterocycles. The van der Waals surface area contributed by atoms with E-state index in [9.17, 15) is 0 Å². The molecule has 5 rings (SSSR count).